The van der Waals surface area contributed by atoms with Crippen molar-refractivity contribution in [1.29, 1.82) is 0 Å². The first-order valence-corrected chi connectivity index (χ1v) is 16.3. The summed E-state index contributed by atoms with van der Waals surface area (Å²) in [5.41, 5.74) is 2.63. The lowest BCUT2D eigenvalue weighted by Gasteiger charge is -2.35. The van der Waals surface area contributed by atoms with Crippen LogP contribution in [0.4, 0.5) is 5.69 Å². The highest BCUT2D eigenvalue weighted by Gasteiger charge is 2.46. The predicted octanol–water partition coefficient (Wildman–Crippen LogP) is 7.52. The predicted molar refractivity (Wildman–Crippen MR) is 161 cm³/mol. The number of hydrogen-bond donors (Lipinski definition) is 0. The van der Waals surface area contributed by atoms with Crippen LogP contribution in [0.3, 0.4) is 0 Å². The van der Waals surface area contributed by atoms with Gasteiger partial charge >= 0.3 is 0 Å². The molecular weight excluding hydrogens is 510 g/mol. The Morgan fingerprint density at radius 1 is 0.897 bits per heavy atom. The summed E-state index contributed by atoms with van der Waals surface area (Å²) >= 11 is 0. The van der Waals surface area contributed by atoms with Crippen molar-refractivity contribution in [3.05, 3.63) is 35.2 Å². The van der Waals surface area contributed by atoms with E-state index in [2.05, 4.69) is 50.0 Å². The number of aryl methyl sites for hydroxylation is 1. The molecule has 0 atom stereocenters. The molecule has 0 bridgehead atoms. The highest BCUT2D eigenvalue weighted by Crippen LogP contribution is 2.40. The zero-order valence-electron chi connectivity index (χ0n) is 25.7. The zero-order valence-corrected chi connectivity index (χ0v) is 26.6. The maximum atomic E-state index is 14.3. The first-order valence-electron chi connectivity index (χ1n) is 14.9. The number of sulfonamides is 1. The lowest BCUT2D eigenvalue weighted by atomic mass is 9.93. The molecule has 2 rings (SSSR count). The summed E-state index contributed by atoms with van der Waals surface area (Å²) < 4.78 is 34.0. The number of ether oxygens (including phenoxy) is 1. The number of aromatic nitrogens is 4. The standard InChI is InChI=1S/C30H53N5O3S/c1-9-10-11-12-13-14-15-16-17-18-22-35-32-29(31-33-35)30(6,7)39(36,37)34(23-38-8)28-26(24(2)3)20-19-21-27(28)25(4)5/h19-21,24-25H,9-18,22-23H2,1-8H3. The minimum absolute atomic E-state index is 0.0953. The second-order valence-electron chi connectivity index (χ2n) is 11.8. The van der Waals surface area contributed by atoms with E-state index in [0.717, 1.165) is 24.0 Å². The highest BCUT2D eigenvalue weighted by molar-refractivity contribution is 7.93. The van der Waals surface area contributed by atoms with Gasteiger partial charge in [0.1, 0.15) is 11.5 Å². The van der Waals surface area contributed by atoms with E-state index in [0.29, 0.717) is 12.2 Å². The molecule has 1 aromatic carbocycles. The van der Waals surface area contributed by atoms with Gasteiger partial charge in [0.2, 0.25) is 10.0 Å². The van der Waals surface area contributed by atoms with Crippen LogP contribution in [-0.2, 0) is 26.1 Å². The molecule has 0 unspecified atom stereocenters. The first-order chi connectivity index (χ1) is 18.5. The summed E-state index contributed by atoms with van der Waals surface area (Å²) in [6.45, 7) is 14.4. The van der Waals surface area contributed by atoms with Crippen LogP contribution >= 0.6 is 0 Å². The Morgan fingerprint density at radius 3 is 1.90 bits per heavy atom. The lowest BCUT2D eigenvalue weighted by Crippen LogP contribution is -2.45. The van der Waals surface area contributed by atoms with Gasteiger partial charge in [0.05, 0.1) is 12.2 Å². The Labute approximate surface area is 237 Å². The summed E-state index contributed by atoms with van der Waals surface area (Å²) in [5, 5.41) is 12.9. The van der Waals surface area contributed by atoms with Crippen LogP contribution in [-0.4, -0.2) is 42.5 Å². The molecule has 0 saturated carbocycles. The van der Waals surface area contributed by atoms with E-state index in [-0.39, 0.29) is 24.4 Å². The van der Waals surface area contributed by atoms with Gasteiger partial charge in [0, 0.05) is 7.11 Å². The molecule has 0 aliphatic heterocycles. The van der Waals surface area contributed by atoms with Crippen LogP contribution in [0.1, 0.15) is 141 Å². The number of methoxy groups -OCH3 is 1. The van der Waals surface area contributed by atoms with Crippen molar-refractivity contribution in [3.63, 3.8) is 0 Å². The highest BCUT2D eigenvalue weighted by atomic mass is 32.2. The normalized spacial score (nSPS) is 12.6. The van der Waals surface area contributed by atoms with Gasteiger partial charge in [-0.05, 0) is 48.4 Å². The van der Waals surface area contributed by atoms with Crippen molar-refractivity contribution in [3.8, 4) is 0 Å². The van der Waals surface area contributed by atoms with E-state index in [1.54, 1.807) is 18.6 Å². The zero-order chi connectivity index (χ0) is 29.1. The molecule has 0 N–H and O–H groups in total. The second-order valence-corrected chi connectivity index (χ2v) is 14.2. The van der Waals surface area contributed by atoms with E-state index in [9.17, 15) is 8.42 Å². The Bertz CT molecular complexity index is 1070. The fraction of sp³-hybridized carbons (Fsp3) is 0.767. The Balaban J connectivity index is 2.15. The number of anilines is 1. The van der Waals surface area contributed by atoms with Gasteiger partial charge < -0.3 is 4.74 Å². The molecule has 0 spiro atoms. The van der Waals surface area contributed by atoms with Gasteiger partial charge in [0.15, 0.2) is 5.82 Å². The number of benzene rings is 1. The third-order valence-corrected chi connectivity index (χ3v) is 9.82. The van der Waals surface area contributed by atoms with Crippen LogP contribution in [0.5, 0.6) is 0 Å². The van der Waals surface area contributed by atoms with Gasteiger partial charge in [-0.3, -0.25) is 0 Å². The molecule has 39 heavy (non-hydrogen) atoms. The van der Waals surface area contributed by atoms with Gasteiger partial charge in [-0.15, -0.1) is 10.2 Å². The topological polar surface area (TPSA) is 90.2 Å². The monoisotopic (exact) mass is 563 g/mol. The van der Waals surface area contributed by atoms with Crippen molar-refractivity contribution in [2.24, 2.45) is 0 Å². The molecule has 8 nitrogen and oxygen atoms in total. The third-order valence-electron chi connectivity index (χ3n) is 7.48. The van der Waals surface area contributed by atoms with Crippen LogP contribution in [0.25, 0.3) is 0 Å². The molecular formula is C30H53N5O3S. The van der Waals surface area contributed by atoms with E-state index < -0.39 is 14.8 Å². The summed E-state index contributed by atoms with van der Waals surface area (Å²) in [6, 6.07) is 5.99. The van der Waals surface area contributed by atoms with Gasteiger partial charge in [-0.25, -0.2) is 12.7 Å². The van der Waals surface area contributed by atoms with E-state index >= 15 is 0 Å². The fourth-order valence-electron chi connectivity index (χ4n) is 4.88. The average molecular weight is 564 g/mol. The summed E-state index contributed by atoms with van der Waals surface area (Å²) in [7, 11) is -2.46. The number of nitrogens with zero attached hydrogens (tertiary/aromatic N) is 5. The smallest absolute Gasteiger partial charge is 0.249 e. The quantitative estimate of drug-likeness (QED) is 0.130. The van der Waals surface area contributed by atoms with Crippen LogP contribution in [0.15, 0.2) is 18.2 Å². The number of tetrazole rings is 1. The third kappa shape index (κ3) is 8.74. The molecule has 1 heterocycles. The van der Waals surface area contributed by atoms with Crippen LogP contribution < -0.4 is 4.31 Å². The molecule has 0 aliphatic carbocycles. The molecule has 0 radical (unpaired) electrons. The van der Waals surface area contributed by atoms with Gasteiger partial charge in [0.25, 0.3) is 0 Å². The van der Waals surface area contributed by atoms with Crippen molar-refractivity contribution >= 4 is 15.7 Å². The summed E-state index contributed by atoms with van der Waals surface area (Å²) in [4.78, 5) is 1.54. The Hall–Kier alpha value is -2.00. The molecule has 0 fully saturated rings. The number of rotatable bonds is 19. The van der Waals surface area contributed by atoms with Crippen molar-refractivity contribution in [2.45, 2.75) is 136 Å². The molecule has 0 amide bonds. The molecule has 2 aromatic rings. The maximum Gasteiger partial charge on any atom is 0.249 e. The maximum absolute atomic E-state index is 14.3. The SMILES string of the molecule is CCCCCCCCCCCCn1nnc(C(C)(C)S(=O)(=O)N(COC)c2c(C(C)C)cccc2C(C)C)n1. The minimum atomic E-state index is -3.98. The number of para-hydroxylation sites is 1. The Kier molecular flexibility index (Phi) is 13.4. The van der Waals surface area contributed by atoms with Crippen molar-refractivity contribution in [1.82, 2.24) is 20.2 Å². The van der Waals surface area contributed by atoms with Gasteiger partial charge in [-0.1, -0.05) is 111 Å². The van der Waals surface area contributed by atoms with E-state index in [4.69, 9.17) is 4.74 Å². The average Bonchev–Trinajstić information content (AvgIpc) is 3.37. The molecule has 9 heteroatoms. The second kappa shape index (κ2) is 15.7. The number of unbranched alkanes of at least 4 members (excludes halogenated alkanes) is 9. The molecule has 222 valence electrons. The van der Waals surface area contributed by atoms with Gasteiger partial charge in [-0.2, -0.15) is 4.80 Å². The van der Waals surface area contributed by atoms with Crippen LogP contribution in [0, 0.1) is 0 Å². The van der Waals surface area contributed by atoms with E-state index in [1.165, 1.54) is 62.8 Å². The largest absolute Gasteiger partial charge is 0.363 e. The minimum Gasteiger partial charge on any atom is -0.363 e. The van der Waals surface area contributed by atoms with Crippen molar-refractivity contribution < 1.29 is 13.2 Å². The first kappa shape index (κ1) is 33.2. The summed E-state index contributed by atoms with van der Waals surface area (Å²) in [6.07, 6.45) is 12.5. The summed E-state index contributed by atoms with van der Waals surface area (Å²) in [5.74, 6) is 0.469. The molecule has 0 aliphatic rings. The number of hydrogen-bond acceptors (Lipinski definition) is 6. The van der Waals surface area contributed by atoms with Crippen LogP contribution in [0.2, 0.25) is 0 Å². The molecule has 1 aromatic heterocycles. The lowest BCUT2D eigenvalue weighted by molar-refractivity contribution is 0.208. The van der Waals surface area contributed by atoms with Crippen molar-refractivity contribution in [2.75, 3.05) is 18.1 Å². The molecule has 0 saturated heterocycles. The fourth-order valence-corrected chi connectivity index (χ4v) is 6.44. The van der Waals surface area contributed by atoms with E-state index in [1.807, 2.05) is 18.2 Å². The Morgan fingerprint density at radius 2 is 1.41 bits per heavy atom.